The van der Waals surface area contributed by atoms with Gasteiger partial charge in [-0.2, -0.15) is 5.10 Å². The highest BCUT2D eigenvalue weighted by Crippen LogP contribution is 2.25. The van der Waals surface area contributed by atoms with Gasteiger partial charge in [0, 0.05) is 32.6 Å². The van der Waals surface area contributed by atoms with E-state index in [9.17, 15) is 4.79 Å². The number of rotatable bonds is 4. The Hall–Kier alpha value is -1.40. The Morgan fingerprint density at radius 3 is 2.88 bits per heavy atom. The van der Waals surface area contributed by atoms with Gasteiger partial charge in [0.2, 0.25) is 0 Å². The third-order valence-corrected chi connectivity index (χ3v) is 3.34. The quantitative estimate of drug-likeness (QED) is 0.814. The minimum Gasteiger partial charge on any atom is -0.480 e. The standard InChI is InChI=1S/C11H17N3O3/c1-8(11(15)16)13-6-9(10(7-13)17-2)14-5-3-4-12-14/h3-5,8-10H,6-7H2,1-2H3,(H,15,16)/t8-,9+,10+/m0/s1. The zero-order valence-corrected chi connectivity index (χ0v) is 9.98. The highest BCUT2D eigenvalue weighted by molar-refractivity contribution is 5.72. The molecule has 1 aliphatic heterocycles. The second kappa shape index (κ2) is 4.85. The van der Waals surface area contributed by atoms with E-state index in [2.05, 4.69) is 5.10 Å². The number of carbonyl (C=O) groups is 1. The molecule has 6 nitrogen and oxygen atoms in total. The lowest BCUT2D eigenvalue weighted by atomic mass is 10.2. The Morgan fingerprint density at radius 2 is 2.35 bits per heavy atom. The van der Waals surface area contributed by atoms with Crippen LogP contribution >= 0.6 is 0 Å². The summed E-state index contributed by atoms with van der Waals surface area (Å²) in [5.41, 5.74) is 0. The van der Waals surface area contributed by atoms with Crippen molar-refractivity contribution in [2.24, 2.45) is 0 Å². The highest BCUT2D eigenvalue weighted by Gasteiger charge is 2.38. The van der Waals surface area contributed by atoms with Crippen molar-refractivity contribution >= 4 is 5.97 Å². The normalized spacial score (nSPS) is 27.2. The van der Waals surface area contributed by atoms with Gasteiger partial charge in [-0.3, -0.25) is 14.4 Å². The maximum Gasteiger partial charge on any atom is 0.320 e. The number of likely N-dealkylation sites (tertiary alicyclic amines) is 1. The van der Waals surface area contributed by atoms with Crippen LogP contribution in [0.2, 0.25) is 0 Å². The number of carboxylic acid groups (broad SMARTS) is 1. The second-order valence-electron chi connectivity index (χ2n) is 4.30. The van der Waals surface area contributed by atoms with Crippen LogP contribution in [0, 0.1) is 0 Å². The lowest BCUT2D eigenvalue weighted by Gasteiger charge is -2.19. The number of aromatic nitrogens is 2. The molecule has 1 saturated heterocycles. The molecule has 1 fully saturated rings. The molecular formula is C11H17N3O3. The summed E-state index contributed by atoms with van der Waals surface area (Å²) in [5, 5.41) is 13.2. The van der Waals surface area contributed by atoms with Crippen LogP contribution in [-0.2, 0) is 9.53 Å². The molecular weight excluding hydrogens is 222 g/mol. The smallest absolute Gasteiger partial charge is 0.320 e. The fourth-order valence-electron chi connectivity index (χ4n) is 2.22. The van der Waals surface area contributed by atoms with Gasteiger partial charge < -0.3 is 9.84 Å². The Kier molecular flexibility index (Phi) is 3.44. The number of hydrogen-bond donors (Lipinski definition) is 1. The van der Waals surface area contributed by atoms with E-state index in [1.807, 2.05) is 21.8 Å². The summed E-state index contributed by atoms with van der Waals surface area (Å²) in [7, 11) is 1.65. The molecule has 0 saturated carbocycles. The second-order valence-corrected chi connectivity index (χ2v) is 4.30. The third-order valence-electron chi connectivity index (χ3n) is 3.34. The van der Waals surface area contributed by atoms with Crippen molar-refractivity contribution in [2.75, 3.05) is 20.2 Å². The molecule has 6 heteroatoms. The van der Waals surface area contributed by atoms with Crippen LogP contribution in [0.5, 0.6) is 0 Å². The van der Waals surface area contributed by atoms with E-state index in [0.717, 1.165) is 0 Å². The van der Waals surface area contributed by atoms with Gasteiger partial charge in [0.15, 0.2) is 0 Å². The van der Waals surface area contributed by atoms with Gasteiger partial charge in [0.1, 0.15) is 6.04 Å². The monoisotopic (exact) mass is 239 g/mol. The maximum atomic E-state index is 11.0. The van der Waals surface area contributed by atoms with Crippen molar-refractivity contribution in [1.82, 2.24) is 14.7 Å². The van der Waals surface area contributed by atoms with Crippen LogP contribution in [0.3, 0.4) is 0 Å². The summed E-state index contributed by atoms with van der Waals surface area (Å²) in [5.74, 6) is -0.805. The van der Waals surface area contributed by atoms with Gasteiger partial charge in [0.05, 0.1) is 12.1 Å². The molecule has 1 aromatic rings. The lowest BCUT2D eigenvalue weighted by Crippen LogP contribution is -2.37. The van der Waals surface area contributed by atoms with Crippen molar-refractivity contribution in [2.45, 2.75) is 25.1 Å². The van der Waals surface area contributed by atoms with Gasteiger partial charge in [-0.25, -0.2) is 0 Å². The van der Waals surface area contributed by atoms with E-state index >= 15 is 0 Å². The first-order chi connectivity index (χ1) is 8.13. The van der Waals surface area contributed by atoms with E-state index in [0.29, 0.717) is 13.1 Å². The van der Waals surface area contributed by atoms with Crippen LogP contribution in [-0.4, -0.2) is 58.1 Å². The van der Waals surface area contributed by atoms with Crippen LogP contribution in [0.25, 0.3) is 0 Å². The summed E-state index contributed by atoms with van der Waals surface area (Å²) in [4.78, 5) is 12.9. The Labute approximate surface area is 99.8 Å². The summed E-state index contributed by atoms with van der Waals surface area (Å²) in [6, 6.07) is 1.45. The van der Waals surface area contributed by atoms with E-state index in [1.165, 1.54) is 0 Å². The Morgan fingerprint density at radius 1 is 1.59 bits per heavy atom. The molecule has 0 amide bonds. The van der Waals surface area contributed by atoms with Crippen molar-refractivity contribution < 1.29 is 14.6 Å². The summed E-state index contributed by atoms with van der Waals surface area (Å²) < 4.78 is 7.25. The summed E-state index contributed by atoms with van der Waals surface area (Å²) in [6.07, 6.45) is 3.58. The lowest BCUT2D eigenvalue weighted by molar-refractivity contribution is -0.142. The number of hydrogen-bond acceptors (Lipinski definition) is 4. The van der Waals surface area contributed by atoms with Gasteiger partial charge in [-0.05, 0) is 13.0 Å². The van der Waals surface area contributed by atoms with E-state index in [-0.39, 0.29) is 12.1 Å². The van der Waals surface area contributed by atoms with Crippen molar-refractivity contribution in [3.05, 3.63) is 18.5 Å². The van der Waals surface area contributed by atoms with Crippen LogP contribution in [0.15, 0.2) is 18.5 Å². The molecule has 2 heterocycles. The molecule has 1 aliphatic rings. The molecule has 3 atom stereocenters. The van der Waals surface area contributed by atoms with E-state index in [1.54, 1.807) is 20.2 Å². The van der Waals surface area contributed by atoms with Gasteiger partial charge in [-0.1, -0.05) is 0 Å². The topological polar surface area (TPSA) is 67.6 Å². The molecule has 2 rings (SSSR count). The number of aliphatic carboxylic acids is 1. The molecule has 1 N–H and O–H groups in total. The minimum atomic E-state index is -0.805. The van der Waals surface area contributed by atoms with E-state index < -0.39 is 12.0 Å². The summed E-state index contributed by atoms with van der Waals surface area (Å²) in [6.45, 7) is 2.96. The van der Waals surface area contributed by atoms with Crippen LogP contribution in [0.4, 0.5) is 0 Å². The number of methoxy groups -OCH3 is 1. The Bertz CT molecular complexity index is 379. The first kappa shape index (κ1) is 12.1. The average Bonchev–Trinajstić information content (AvgIpc) is 2.95. The molecule has 0 spiro atoms. The predicted molar refractivity (Wildman–Crippen MR) is 60.7 cm³/mol. The fourth-order valence-corrected chi connectivity index (χ4v) is 2.22. The van der Waals surface area contributed by atoms with E-state index in [4.69, 9.17) is 9.84 Å². The zero-order chi connectivity index (χ0) is 12.4. The average molecular weight is 239 g/mol. The van der Waals surface area contributed by atoms with Crippen LogP contribution < -0.4 is 0 Å². The highest BCUT2D eigenvalue weighted by atomic mass is 16.5. The number of carboxylic acids is 1. The summed E-state index contributed by atoms with van der Waals surface area (Å²) >= 11 is 0. The SMILES string of the molecule is CO[C@@H]1CN([C@@H](C)C(=O)O)C[C@H]1n1cccn1. The molecule has 0 aromatic carbocycles. The van der Waals surface area contributed by atoms with Crippen molar-refractivity contribution in [3.8, 4) is 0 Å². The molecule has 0 unspecified atom stereocenters. The molecule has 0 radical (unpaired) electrons. The van der Waals surface area contributed by atoms with Gasteiger partial charge in [0.25, 0.3) is 0 Å². The van der Waals surface area contributed by atoms with Crippen LogP contribution in [0.1, 0.15) is 13.0 Å². The minimum absolute atomic E-state index is 0.0169. The molecule has 94 valence electrons. The molecule has 17 heavy (non-hydrogen) atoms. The third kappa shape index (κ3) is 2.32. The first-order valence-electron chi connectivity index (χ1n) is 5.62. The molecule has 0 bridgehead atoms. The molecule has 0 aliphatic carbocycles. The van der Waals surface area contributed by atoms with Crippen molar-refractivity contribution in [1.29, 1.82) is 0 Å². The maximum absolute atomic E-state index is 11.0. The predicted octanol–water partition coefficient (Wildman–Crippen LogP) is 0.228. The Balaban J connectivity index is 2.11. The van der Waals surface area contributed by atoms with Gasteiger partial charge in [-0.15, -0.1) is 0 Å². The zero-order valence-electron chi connectivity index (χ0n) is 9.98. The fraction of sp³-hybridized carbons (Fsp3) is 0.636. The largest absolute Gasteiger partial charge is 0.480 e. The first-order valence-corrected chi connectivity index (χ1v) is 5.62. The van der Waals surface area contributed by atoms with Gasteiger partial charge >= 0.3 is 5.97 Å². The number of ether oxygens (including phenoxy) is 1. The molecule has 1 aromatic heterocycles. The number of nitrogens with zero attached hydrogens (tertiary/aromatic N) is 3. The van der Waals surface area contributed by atoms with Crippen molar-refractivity contribution in [3.63, 3.8) is 0 Å².